The lowest BCUT2D eigenvalue weighted by molar-refractivity contribution is -0.145. The Kier molecular flexibility index (Phi) is 4.76. The van der Waals surface area contributed by atoms with E-state index in [1.807, 2.05) is 0 Å². The van der Waals surface area contributed by atoms with Crippen molar-refractivity contribution in [3.05, 3.63) is 12.7 Å². The summed E-state index contributed by atoms with van der Waals surface area (Å²) in [6.45, 7) is 2.84. The number of carbonyl (C=O) groups is 1. The van der Waals surface area contributed by atoms with Gasteiger partial charge in [0.1, 0.15) is 18.7 Å². The first-order chi connectivity index (χ1) is 7.27. The van der Waals surface area contributed by atoms with Crippen molar-refractivity contribution >= 4 is 5.97 Å². The third kappa shape index (κ3) is 3.67. The summed E-state index contributed by atoms with van der Waals surface area (Å²) in [6, 6.07) is -0.283. The van der Waals surface area contributed by atoms with E-state index in [-0.39, 0.29) is 12.0 Å². The molecule has 6 heteroatoms. The largest absolute Gasteiger partial charge is 0.465 e. The zero-order valence-corrected chi connectivity index (χ0v) is 9.01. The minimum atomic E-state index is -0.283. The van der Waals surface area contributed by atoms with Crippen LogP contribution in [0.2, 0.25) is 0 Å². The molecule has 1 aromatic rings. The van der Waals surface area contributed by atoms with E-state index in [4.69, 9.17) is 4.74 Å². The lowest BCUT2D eigenvalue weighted by Crippen LogP contribution is -2.36. The molecule has 15 heavy (non-hydrogen) atoms. The van der Waals surface area contributed by atoms with Gasteiger partial charge in [-0.2, -0.15) is 5.10 Å². The van der Waals surface area contributed by atoms with Crippen LogP contribution in [0, 0.1) is 0 Å². The van der Waals surface area contributed by atoms with E-state index in [2.05, 4.69) is 15.4 Å². The smallest absolute Gasteiger partial charge is 0.323 e. The maximum atomic E-state index is 11.4. The molecule has 1 aromatic heterocycles. The normalized spacial score (nSPS) is 12.4. The zero-order chi connectivity index (χ0) is 11.1. The molecule has 84 valence electrons. The molecule has 0 aromatic carbocycles. The Morgan fingerprint density at radius 3 is 3.00 bits per heavy atom. The summed E-state index contributed by atoms with van der Waals surface area (Å²) in [6.07, 6.45) is 3.73. The quantitative estimate of drug-likeness (QED) is 0.662. The van der Waals surface area contributed by atoms with Gasteiger partial charge < -0.3 is 10.1 Å². The molecule has 0 radical (unpaired) electrons. The van der Waals surface area contributed by atoms with Crippen molar-refractivity contribution in [1.82, 2.24) is 20.1 Å². The molecule has 0 aliphatic rings. The second-order valence-electron chi connectivity index (χ2n) is 3.04. The third-order valence-electron chi connectivity index (χ3n) is 2.03. The van der Waals surface area contributed by atoms with Crippen LogP contribution in [0.3, 0.4) is 0 Å². The highest BCUT2D eigenvalue weighted by Gasteiger charge is 2.17. The molecule has 0 fully saturated rings. The number of hydrogen-bond donors (Lipinski definition) is 1. The van der Waals surface area contributed by atoms with E-state index in [0.717, 1.165) is 0 Å². The van der Waals surface area contributed by atoms with E-state index in [0.29, 0.717) is 19.6 Å². The minimum absolute atomic E-state index is 0.222. The Balaban J connectivity index is 2.37. The molecule has 1 N–H and O–H groups in total. The van der Waals surface area contributed by atoms with Crippen molar-refractivity contribution < 1.29 is 9.53 Å². The Morgan fingerprint density at radius 1 is 1.67 bits per heavy atom. The van der Waals surface area contributed by atoms with Gasteiger partial charge in [0, 0.05) is 6.54 Å². The number of ether oxygens (including phenoxy) is 1. The lowest BCUT2D eigenvalue weighted by atomic mass is 10.2. The zero-order valence-electron chi connectivity index (χ0n) is 9.01. The molecule has 0 saturated heterocycles. The topological polar surface area (TPSA) is 69.0 Å². The molecule has 0 aliphatic carbocycles. The number of likely N-dealkylation sites (N-methyl/N-ethyl adjacent to an activating group) is 1. The highest BCUT2D eigenvalue weighted by atomic mass is 16.5. The summed E-state index contributed by atoms with van der Waals surface area (Å²) in [5.74, 6) is -0.222. The second kappa shape index (κ2) is 6.13. The van der Waals surface area contributed by atoms with Crippen molar-refractivity contribution in [2.75, 3.05) is 13.7 Å². The Bertz CT molecular complexity index is 286. The average Bonchev–Trinajstić information content (AvgIpc) is 2.72. The maximum Gasteiger partial charge on any atom is 0.323 e. The van der Waals surface area contributed by atoms with Gasteiger partial charge in [-0.25, -0.2) is 4.98 Å². The number of carbonyl (C=O) groups excluding carboxylic acids is 1. The minimum Gasteiger partial charge on any atom is -0.465 e. The summed E-state index contributed by atoms with van der Waals surface area (Å²) in [7, 11) is 1.74. The predicted octanol–water partition coefficient (Wildman–Crippen LogP) is -0.181. The number of aromatic nitrogens is 3. The van der Waals surface area contributed by atoms with E-state index >= 15 is 0 Å². The van der Waals surface area contributed by atoms with Crippen LogP contribution in [0.4, 0.5) is 0 Å². The standard InChI is InChI=1S/C9H16N4O2/c1-3-15-9(14)8(10-2)4-5-13-7-11-6-12-13/h6-8,10H,3-5H2,1-2H3. The summed E-state index contributed by atoms with van der Waals surface area (Å²) >= 11 is 0. The number of nitrogens with one attached hydrogen (secondary N) is 1. The Labute approximate surface area is 88.6 Å². The van der Waals surface area contributed by atoms with Gasteiger partial charge in [-0.15, -0.1) is 0 Å². The first kappa shape index (κ1) is 11.6. The van der Waals surface area contributed by atoms with Crippen LogP contribution in [-0.4, -0.2) is 40.4 Å². The first-order valence-corrected chi connectivity index (χ1v) is 4.94. The molecule has 0 amide bonds. The van der Waals surface area contributed by atoms with Crippen LogP contribution >= 0.6 is 0 Å². The van der Waals surface area contributed by atoms with Gasteiger partial charge in [-0.3, -0.25) is 9.48 Å². The third-order valence-corrected chi connectivity index (χ3v) is 2.03. The summed E-state index contributed by atoms with van der Waals surface area (Å²) in [5.41, 5.74) is 0. The van der Waals surface area contributed by atoms with Crippen LogP contribution < -0.4 is 5.32 Å². The summed E-state index contributed by atoms with van der Waals surface area (Å²) in [4.78, 5) is 15.2. The molecule has 0 aliphatic heterocycles. The van der Waals surface area contributed by atoms with Crippen molar-refractivity contribution in [2.45, 2.75) is 25.9 Å². The molecule has 0 saturated carbocycles. The van der Waals surface area contributed by atoms with Gasteiger partial charge in [0.15, 0.2) is 0 Å². The molecule has 1 unspecified atom stereocenters. The predicted molar refractivity (Wildman–Crippen MR) is 54.1 cm³/mol. The molecular formula is C9H16N4O2. The van der Waals surface area contributed by atoms with E-state index in [9.17, 15) is 4.79 Å². The molecule has 1 heterocycles. The molecule has 0 bridgehead atoms. The van der Waals surface area contributed by atoms with Gasteiger partial charge in [0.05, 0.1) is 6.61 Å². The molecule has 6 nitrogen and oxygen atoms in total. The second-order valence-corrected chi connectivity index (χ2v) is 3.04. The number of rotatable bonds is 6. The fraction of sp³-hybridized carbons (Fsp3) is 0.667. The van der Waals surface area contributed by atoms with E-state index < -0.39 is 0 Å². The van der Waals surface area contributed by atoms with Crippen LogP contribution in [0.25, 0.3) is 0 Å². The number of hydrogen-bond acceptors (Lipinski definition) is 5. The van der Waals surface area contributed by atoms with Gasteiger partial charge in [-0.1, -0.05) is 0 Å². The fourth-order valence-electron chi connectivity index (χ4n) is 1.23. The molecule has 0 spiro atoms. The van der Waals surface area contributed by atoms with Gasteiger partial charge >= 0.3 is 5.97 Å². The highest BCUT2D eigenvalue weighted by molar-refractivity contribution is 5.75. The highest BCUT2D eigenvalue weighted by Crippen LogP contribution is 1.97. The molecule has 1 atom stereocenters. The fourth-order valence-corrected chi connectivity index (χ4v) is 1.23. The number of esters is 1. The SMILES string of the molecule is CCOC(=O)C(CCn1cncn1)NC. The first-order valence-electron chi connectivity index (χ1n) is 4.94. The summed E-state index contributed by atoms with van der Waals surface area (Å²) in [5, 5.41) is 6.87. The maximum absolute atomic E-state index is 11.4. The molecule has 1 rings (SSSR count). The van der Waals surface area contributed by atoms with E-state index in [1.165, 1.54) is 6.33 Å². The Hall–Kier alpha value is -1.43. The lowest BCUT2D eigenvalue weighted by Gasteiger charge is -2.13. The number of aryl methyl sites for hydroxylation is 1. The van der Waals surface area contributed by atoms with Crippen molar-refractivity contribution in [1.29, 1.82) is 0 Å². The van der Waals surface area contributed by atoms with Crippen LogP contribution in [0.1, 0.15) is 13.3 Å². The van der Waals surface area contributed by atoms with Crippen molar-refractivity contribution in [3.63, 3.8) is 0 Å². The summed E-state index contributed by atoms with van der Waals surface area (Å²) < 4.78 is 6.60. The average molecular weight is 212 g/mol. The number of nitrogens with zero attached hydrogens (tertiary/aromatic N) is 3. The van der Waals surface area contributed by atoms with Gasteiger partial charge in [0.25, 0.3) is 0 Å². The van der Waals surface area contributed by atoms with Crippen LogP contribution in [0.15, 0.2) is 12.7 Å². The molecular weight excluding hydrogens is 196 g/mol. The Morgan fingerprint density at radius 2 is 2.47 bits per heavy atom. The van der Waals surface area contributed by atoms with Crippen LogP contribution in [0.5, 0.6) is 0 Å². The van der Waals surface area contributed by atoms with Gasteiger partial charge in [0.2, 0.25) is 0 Å². The van der Waals surface area contributed by atoms with Gasteiger partial charge in [-0.05, 0) is 20.4 Å². The van der Waals surface area contributed by atoms with Crippen LogP contribution in [-0.2, 0) is 16.1 Å². The monoisotopic (exact) mass is 212 g/mol. The van der Waals surface area contributed by atoms with E-state index in [1.54, 1.807) is 25.0 Å². The van der Waals surface area contributed by atoms with Crippen molar-refractivity contribution in [3.8, 4) is 0 Å². The van der Waals surface area contributed by atoms with Crippen molar-refractivity contribution in [2.24, 2.45) is 0 Å².